The SMILES string of the molecule is CCc1c(F)c(C)c(F)c(F)c1COC(=O)[C@@H]1[C@@H](C=C(Cl)Cl)C1(C)C. The van der Waals surface area contributed by atoms with Crippen molar-refractivity contribution in [2.24, 2.45) is 17.3 Å². The molecule has 0 unspecified atom stereocenters. The molecule has 0 N–H and O–H groups in total. The first-order chi connectivity index (χ1) is 11.5. The van der Waals surface area contributed by atoms with Crippen LogP contribution in [0.15, 0.2) is 10.6 Å². The molecule has 2 rings (SSSR count). The zero-order chi connectivity index (χ0) is 19.1. The molecule has 0 spiro atoms. The summed E-state index contributed by atoms with van der Waals surface area (Å²) in [5.41, 5.74) is -1.03. The topological polar surface area (TPSA) is 26.3 Å². The second-order valence-corrected chi connectivity index (χ2v) is 7.77. The van der Waals surface area contributed by atoms with E-state index in [1.54, 1.807) is 13.0 Å². The Bertz CT molecular complexity index is 741. The van der Waals surface area contributed by atoms with Gasteiger partial charge in [-0.3, -0.25) is 4.79 Å². The van der Waals surface area contributed by atoms with Crippen molar-refractivity contribution >= 4 is 29.2 Å². The summed E-state index contributed by atoms with van der Waals surface area (Å²) in [5, 5.41) is 0. The number of carbonyl (C=O) groups excluding carboxylic acids is 1. The maximum absolute atomic E-state index is 14.2. The Morgan fingerprint density at radius 3 is 2.28 bits per heavy atom. The molecule has 1 fully saturated rings. The molecule has 1 saturated carbocycles. The molecule has 7 heteroatoms. The average molecular weight is 395 g/mol. The van der Waals surface area contributed by atoms with Crippen LogP contribution in [0.3, 0.4) is 0 Å². The molecule has 0 radical (unpaired) electrons. The van der Waals surface area contributed by atoms with E-state index in [9.17, 15) is 18.0 Å². The molecule has 0 saturated heterocycles. The highest BCUT2D eigenvalue weighted by atomic mass is 35.5. The van der Waals surface area contributed by atoms with Gasteiger partial charge in [-0.15, -0.1) is 0 Å². The summed E-state index contributed by atoms with van der Waals surface area (Å²) in [6.45, 7) is 5.95. The molecule has 0 aromatic heterocycles. The summed E-state index contributed by atoms with van der Waals surface area (Å²) in [6.07, 6.45) is 1.71. The van der Waals surface area contributed by atoms with Gasteiger partial charge in [0, 0.05) is 11.1 Å². The minimum absolute atomic E-state index is 0.0134. The molecule has 0 amide bonds. The van der Waals surface area contributed by atoms with Crippen LogP contribution >= 0.6 is 23.2 Å². The van der Waals surface area contributed by atoms with E-state index >= 15 is 0 Å². The van der Waals surface area contributed by atoms with Crippen LogP contribution in [-0.2, 0) is 22.6 Å². The fourth-order valence-electron chi connectivity index (χ4n) is 3.21. The van der Waals surface area contributed by atoms with Gasteiger partial charge in [-0.2, -0.15) is 0 Å². The van der Waals surface area contributed by atoms with Crippen LogP contribution < -0.4 is 0 Å². The summed E-state index contributed by atoms with van der Waals surface area (Å²) >= 11 is 11.3. The van der Waals surface area contributed by atoms with E-state index in [0.29, 0.717) is 0 Å². The number of rotatable bonds is 5. The molecule has 1 aliphatic rings. The number of benzene rings is 1. The highest BCUT2D eigenvalue weighted by Gasteiger charge is 2.61. The van der Waals surface area contributed by atoms with Gasteiger partial charge >= 0.3 is 5.97 Å². The monoisotopic (exact) mass is 394 g/mol. The van der Waals surface area contributed by atoms with Crippen molar-refractivity contribution in [3.05, 3.63) is 44.7 Å². The summed E-state index contributed by atoms with van der Waals surface area (Å²) in [6, 6.07) is 0. The zero-order valence-electron chi connectivity index (χ0n) is 14.4. The lowest BCUT2D eigenvalue weighted by atomic mass is 10.0. The molecular formula is C18H19Cl2F3O2. The average Bonchev–Trinajstić information content (AvgIpc) is 3.06. The second kappa shape index (κ2) is 7.20. The molecular weight excluding hydrogens is 376 g/mol. The number of esters is 1. The van der Waals surface area contributed by atoms with Crippen molar-refractivity contribution in [2.45, 2.75) is 40.7 Å². The predicted molar refractivity (Wildman–Crippen MR) is 90.8 cm³/mol. The lowest BCUT2D eigenvalue weighted by molar-refractivity contribution is -0.147. The Labute approximate surface area is 154 Å². The Morgan fingerprint density at radius 1 is 1.16 bits per heavy atom. The van der Waals surface area contributed by atoms with Gasteiger partial charge in [-0.25, -0.2) is 13.2 Å². The number of allylic oxidation sites excluding steroid dienone is 1. The molecule has 0 bridgehead atoms. The third kappa shape index (κ3) is 3.68. The molecule has 0 heterocycles. The largest absolute Gasteiger partial charge is 0.460 e. The fraction of sp³-hybridized carbons (Fsp3) is 0.500. The number of ether oxygens (including phenoxy) is 1. The Balaban J connectivity index is 2.20. The molecule has 2 atom stereocenters. The number of hydrogen-bond acceptors (Lipinski definition) is 2. The molecule has 1 aliphatic carbocycles. The van der Waals surface area contributed by atoms with E-state index in [0.717, 1.165) is 0 Å². The molecule has 138 valence electrons. The molecule has 1 aromatic carbocycles. The minimum Gasteiger partial charge on any atom is -0.460 e. The van der Waals surface area contributed by atoms with Crippen LogP contribution in [0.25, 0.3) is 0 Å². The number of hydrogen-bond donors (Lipinski definition) is 0. The molecule has 1 aromatic rings. The van der Waals surface area contributed by atoms with Gasteiger partial charge in [0.05, 0.1) is 5.92 Å². The zero-order valence-corrected chi connectivity index (χ0v) is 15.9. The Morgan fingerprint density at radius 2 is 1.76 bits per heavy atom. The standard InChI is InChI=1S/C18H19Cl2F3O2/c1-5-9-10(16(23)15(22)8(2)14(9)21)7-25-17(24)13-11(6-12(19)20)18(13,3)4/h6,11,13H,5,7H2,1-4H3/t11-,13+/m1/s1. The van der Waals surface area contributed by atoms with Gasteiger partial charge in [0.15, 0.2) is 11.6 Å². The van der Waals surface area contributed by atoms with Crippen molar-refractivity contribution in [1.29, 1.82) is 0 Å². The summed E-state index contributed by atoms with van der Waals surface area (Å²) in [5.74, 6) is -4.53. The van der Waals surface area contributed by atoms with Crippen LogP contribution in [0.4, 0.5) is 13.2 Å². The van der Waals surface area contributed by atoms with Crippen molar-refractivity contribution in [3.63, 3.8) is 0 Å². The first kappa shape index (κ1) is 20.1. The maximum Gasteiger partial charge on any atom is 0.310 e. The highest BCUT2D eigenvalue weighted by Crippen LogP contribution is 2.60. The van der Waals surface area contributed by atoms with Gasteiger partial charge in [-0.1, -0.05) is 44.0 Å². The first-order valence-electron chi connectivity index (χ1n) is 7.88. The van der Waals surface area contributed by atoms with Crippen molar-refractivity contribution in [3.8, 4) is 0 Å². The van der Waals surface area contributed by atoms with Crippen LogP contribution in [0, 0.1) is 41.6 Å². The molecule has 25 heavy (non-hydrogen) atoms. The lowest BCUT2D eigenvalue weighted by Gasteiger charge is -2.14. The number of halogens is 5. The summed E-state index contributed by atoms with van der Waals surface area (Å²) in [7, 11) is 0. The smallest absolute Gasteiger partial charge is 0.310 e. The summed E-state index contributed by atoms with van der Waals surface area (Å²) in [4.78, 5) is 12.3. The van der Waals surface area contributed by atoms with Gasteiger partial charge in [0.1, 0.15) is 16.9 Å². The Kier molecular flexibility index (Phi) is 5.79. The third-order valence-electron chi connectivity index (χ3n) is 4.93. The fourth-order valence-corrected chi connectivity index (χ4v) is 3.48. The van der Waals surface area contributed by atoms with Crippen molar-refractivity contribution in [1.82, 2.24) is 0 Å². The van der Waals surface area contributed by atoms with E-state index in [1.807, 2.05) is 13.8 Å². The molecule has 0 aliphatic heterocycles. The van der Waals surface area contributed by atoms with E-state index in [2.05, 4.69) is 0 Å². The van der Waals surface area contributed by atoms with Gasteiger partial charge in [0.25, 0.3) is 0 Å². The first-order valence-corrected chi connectivity index (χ1v) is 8.63. The van der Waals surface area contributed by atoms with E-state index < -0.39 is 41.4 Å². The predicted octanol–water partition coefficient (Wildman–Crippen LogP) is 5.61. The third-order valence-corrected chi connectivity index (χ3v) is 5.18. The van der Waals surface area contributed by atoms with Crippen LogP contribution in [0.5, 0.6) is 0 Å². The molecule has 2 nitrogen and oxygen atoms in total. The van der Waals surface area contributed by atoms with Crippen molar-refractivity contribution < 1.29 is 22.7 Å². The van der Waals surface area contributed by atoms with Crippen LogP contribution in [0.1, 0.15) is 37.5 Å². The second-order valence-electron chi connectivity index (χ2n) is 6.77. The van der Waals surface area contributed by atoms with Gasteiger partial charge in [-0.05, 0) is 36.3 Å². The van der Waals surface area contributed by atoms with Gasteiger partial charge < -0.3 is 4.74 Å². The van der Waals surface area contributed by atoms with Crippen LogP contribution in [-0.4, -0.2) is 5.97 Å². The highest BCUT2D eigenvalue weighted by molar-refractivity contribution is 6.55. The van der Waals surface area contributed by atoms with E-state index in [-0.39, 0.29) is 33.5 Å². The van der Waals surface area contributed by atoms with E-state index in [1.165, 1.54) is 6.92 Å². The quantitative estimate of drug-likeness (QED) is 0.479. The van der Waals surface area contributed by atoms with Gasteiger partial charge in [0.2, 0.25) is 0 Å². The summed E-state index contributed by atoms with van der Waals surface area (Å²) < 4.78 is 47.3. The van der Waals surface area contributed by atoms with Crippen molar-refractivity contribution in [2.75, 3.05) is 0 Å². The maximum atomic E-state index is 14.2. The Hall–Kier alpha value is -1.20. The lowest BCUT2D eigenvalue weighted by Crippen LogP contribution is -2.14. The minimum atomic E-state index is -1.26. The number of carbonyl (C=O) groups is 1. The normalized spacial score (nSPS) is 21.0. The van der Waals surface area contributed by atoms with Crippen LogP contribution in [0.2, 0.25) is 0 Å². The van der Waals surface area contributed by atoms with E-state index in [4.69, 9.17) is 27.9 Å².